The molecular formula is C14H20N2O5. The fourth-order valence-electron chi connectivity index (χ4n) is 1.60. The predicted octanol–water partition coefficient (Wildman–Crippen LogP) is 2.20. The number of anilines is 1. The zero-order valence-corrected chi connectivity index (χ0v) is 12.5. The second-order valence-corrected chi connectivity index (χ2v) is 5.74. The number of ether oxygens (including phenoxy) is 1. The molecule has 0 bridgehead atoms. The lowest BCUT2D eigenvalue weighted by Crippen LogP contribution is -2.32. The molecule has 7 heteroatoms. The van der Waals surface area contributed by atoms with Crippen molar-refractivity contribution in [3.63, 3.8) is 0 Å². The Morgan fingerprint density at radius 3 is 2.57 bits per heavy atom. The van der Waals surface area contributed by atoms with Gasteiger partial charge in [-0.15, -0.1) is 0 Å². The largest absolute Gasteiger partial charge is 0.465 e. The van der Waals surface area contributed by atoms with Crippen LogP contribution in [0.25, 0.3) is 0 Å². The van der Waals surface area contributed by atoms with Crippen molar-refractivity contribution in [2.45, 2.75) is 26.9 Å². The minimum atomic E-state index is -0.776. The molecule has 7 nitrogen and oxygen atoms in total. The van der Waals surface area contributed by atoms with Gasteiger partial charge in [0.2, 0.25) is 0 Å². The summed E-state index contributed by atoms with van der Waals surface area (Å²) in [5, 5.41) is 23.8. The number of nitrogens with one attached hydrogen (secondary N) is 1. The molecule has 0 aliphatic heterocycles. The van der Waals surface area contributed by atoms with E-state index in [0.29, 0.717) is 5.69 Å². The Morgan fingerprint density at radius 1 is 1.48 bits per heavy atom. The maximum Gasteiger partial charge on any atom is 0.344 e. The van der Waals surface area contributed by atoms with E-state index in [1.54, 1.807) is 0 Å². The molecule has 21 heavy (non-hydrogen) atoms. The van der Waals surface area contributed by atoms with Gasteiger partial charge in [0.1, 0.15) is 5.56 Å². The third-order valence-electron chi connectivity index (χ3n) is 3.10. The van der Waals surface area contributed by atoms with Gasteiger partial charge in [0.15, 0.2) is 0 Å². The lowest BCUT2D eigenvalue weighted by molar-refractivity contribution is -0.385. The van der Waals surface area contributed by atoms with Gasteiger partial charge in [-0.3, -0.25) is 10.1 Å². The highest BCUT2D eigenvalue weighted by molar-refractivity contribution is 5.95. The summed E-state index contributed by atoms with van der Waals surface area (Å²) in [6.07, 6.45) is -0.603. The van der Waals surface area contributed by atoms with Gasteiger partial charge >= 0.3 is 5.97 Å². The van der Waals surface area contributed by atoms with Crippen LogP contribution < -0.4 is 5.32 Å². The van der Waals surface area contributed by atoms with Gasteiger partial charge in [-0.2, -0.15) is 0 Å². The summed E-state index contributed by atoms with van der Waals surface area (Å²) < 4.78 is 4.54. The summed E-state index contributed by atoms with van der Waals surface area (Å²) in [4.78, 5) is 21.8. The van der Waals surface area contributed by atoms with Crippen LogP contribution in [-0.4, -0.2) is 35.8 Å². The molecule has 0 saturated heterocycles. The third kappa shape index (κ3) is 4.42. The van der Waals surface area contributed by atoms with E-state index in [4.69, 9.17) is 0 Å². The topological polar surface area (TPSA) is 102 Å². The number of nitro benzene ring substituents is 1. The number of methoxy groups -OCH3 is 1. The van der Waals surface area contributed by atoms with Crippen molar-refractivity contribution in [2.75, 3.05) is 19.0 Å². The maximum atomic E-state index is 11.6. The SMILES string of the molecule is COC(=O)c1cc(NC[C@H](O)C(C)(C)C)ccc1[N+](=O)[O-]. The summed E-state index contributed by atoms with van der Waals surface area (Å²) in [5.41, 5.74) is -0.232. The van der Waals surface area contributed by atoms with Gasteiger partial charge in [0.05, 0.1) is 18.1 Å². The monoisotopic (exact) mass is 296 g/mol. The fourth-order valence-corrected chi connectivity index (χ4v) is 1.60. The Hall–Kier alpha value is -2.15. The van der Waals surface area contributed by atoms with E-state index < -0.39 is 17.0 Å². The Morgan fingerprint density at radius 2 is 2.10 bits per heavy atom. The Kier molecular flexibility index (Phi) is 5.26. The minimum absolute atomic E-state index is 0.127. The number of nitro groups is 1. The van der Waals surface area contributed by atoms with Crippen LogP contribution in [0.3, 0.4) is 0 Å². The number of carbonyl (C=O) groups excluding carboxylic acids is 1. The zero-order valence-electron chi connectivity index (χ0n) is 12.5. The molecule has 0 radical (unpaired) electrons. The second-order valence-electron chi connectivity index (χ2n) is 5.74. The Bertz CT molecular complexity index is 537. The van der Waals surface area contributed by atoms with Gasteiger partial charge in [-0.05, 0) is 17.5 Å². The third-order valence-corrected chi connectivity index (χ3v) is 3.10. The molecule has 1 atom stereocenters. The first kappa shape index (κ1) is 16.9. The summed E-state index contributed by atoms with van der Waals surface area (Å²) in [5.74, 6) is -0.776. The van der Waals surface area contributed by atoms with E-state index in [1.165, 1.54) is 18.2 Å². The lowest BCUT2D eigenvalue weighted by Gasteiger charge is -2.26. The molecule has 0 spiro atoms. The van der Waals surface area contributed by atoms with E-state index in [2.05, 4.69) is 10.1 Å². The van der Waals surface area contributed by atoms with E-state index >= 15 is 0 Å². The first-order valence-electron chi connectivity index (χ1n) is 6.45. The molecular weight excluding hydrogens is 276 g/mol. The second kappa shape index (κ2) is 6.53. The van der Waals surface area contributed by atoms with Crippen molar-refractivity contribution in [1.29, 1.82) is 0 Å². The first-order valence-corrected chi connectivity index (χ1v) is 6.45. The Labute approximate surface area is 123 Å². The van der Waals surface area contributed by atoms with Crippen LogP contribution in [0.15, 0.2) is 18.2 Å². The van der Waals surface area contributed by atoms with Crippen LogP contribution in [0.4, 0.5) is 11.4 Å². The highest BCUT2D eigenvalue weighted by atomic mass is 16.6. The van der Waals surface area contributed by atoms with Gasteiger partial charge in [0, 0.05) is 18.3 Å². The van der Waals surface area contributed by atoms with Crippen molar-refractivity contribution in [3.05, 3.63) is 33.9 Å². The van der Waals surface area contributed by atoms with Crippen LogP contribution >= 0.6 is 0 Å². The lowest BCUT2D eigenvalue weighted by atomic mass is 9.89. The van der Waals surface area contributed by atoms with E-state index in [-0.39, 0.29) is 23.2 Å². The summed E-state index contributed by atoms with van der Waals surface area (Å²) in [7, 11) is 1.16. The molecule has 0 aromatic heterocycles. The average molecular weight is 296 g/mol. The number of aliphatic hydroxyl groups excluding tert-OH is 1. The smallest absolute Gasteiger partial charge is 0.344 e. The average Bonchev–Trinajstić information content (AvgIpc) is 2.42. The fraction of sp³-hybridized carbons (Fsp3) is 0.500. The van der Waals surface area contributed by atoms with E-state index in [1.807, 2.05) is 20.8 Å². The molecule has 0 fully saturated rings. The van der Waals surface area contributed by atoms with Gasteiger partial charge in [0.25, 0.3) is 5.69 Å². The van der Waals surface area contributed by atoms with Crippen LogP contribution in [0, 0.1) is 15.5 Å². The molecule has 0 aliphatic rings. The highest BCUT2D eigenvalue weighted by Gasteiger charge is 2.23. The number of aliphatic hydroxyl groups is 1. The van der Waals surface area contributed by atoms with Crippen LogP contribution in [0.2, 0.25) is 0 Å². The molecule has 2 N–H and O–H groups in total. The minimum Gasteiger partial charge on any atom is -0.465 e. The number of hydrogen-bond acceptors (Lipinski definition) is 6. The van der Waals surface area contributed by atoms with Crippen molar-refractivity contribution >= 4 is 17.3 Å². The number of esters is 1. The highest BCUT2D eigenvalue weighted by Crippen LogP contribution is 2.24. The van der Waals surface area contributed by atoms with Gasteiger partial charge < -0.3 is 15.2 Å². The first-order chi connectivity index (χ1) is 9.66. The standard InChI is InChI=1S/C14H20N2O5/c1-14(2,3)12(17)8-15-9-5-6-11(16(19)20)10(7-9)13(18)21-4/h5-7,12,15,17H,8H2,1-4H3/t12-/m0/s1. The number of rotatable bonds is 5. The molecule has 0 aliphatic carbocycles. The molecule has 1 rings (SSSR count). The number of carbonyl (C=O) groups is 1. The normalized spacial score (nSPS) is 12.6. The quantitative estimate of drug-likeness (QED) is 0.490. The summed E-state index contributed by atoms with van der Waals surface area (Å²) in [6.45, 7) is 5.96. The molecule has 0 saturated carbocycles. The predicted molar refractivity (Wildman–Crippen MR) is 78.4 cm³/mol. The van der Waals surface area contributed by atoms with Gasteiger partial charge in [-0.25, -0.2) is 4.79 Å². The van der Waals surface area contributed by atoms with Crippen molar-refractivity contribution in [2.24, 2.45) is 5.41 Å². The summed E-state index contributed by atoms with van der Waals surface area (Å²) in [6, 6.07) is 4.07. The molecule has 116 valence electrons. The van der Waals surface area contributed by atoms with Crippen molar-refractivity contribution in [1.82, 2.24) is 0 Å². The van der Waals surface area contributed by atoms with E-state index in [0.717, 1.165) is 7.11 Å². The van der Waals surface area contributed by atoms with Gasteiger partial charge in [-0.1, -0.05) is 20.8 Å². The maximum absolute atomic E-state index is 11.6. The van der Waals surface area contributed by atoms with E-state index in [9.17, 15) is 20.0 Å². The number of nitrogens with zero attached hydrogens (tertiary/aromatic N) is 1. The van der Waals surface area contributed by atoms with Crippen LogP contribution in [-0.2, 0) is 4.74 Å². The molecule has 0 heterocycles. The zero-order chi connectivity index (χ0) is 16.2. The van der Waals surface area contributed by atoms with Crippen LogP contribution in [0.1, 0.15) is 31.1 Å². The molecule has 1 aromatic rings. The molecule has 0 unspecified atom stereocenters. The Balaban J connectivity index is 2.96. The van der Waals surface area contributed by atoms with Crippen molar-refractivity contribution < 1.29 is 19.6 Å². The summed E-state index contributed by atoms with van der Waals surface area (Å²) >= 11 is 0. The number of hydrogen-bond donors (Lipinski definition) is 2. The van der Waals surface area contributed by atoms with Crippen LogP contribution in [0.5, 0.6) is 0 Å². The number of benzene rings is 1. The van der Waals surface area contributed by atoms with Crippen molar-refractivity contribution in [3.8, 4) is 0 Å². The molecule has 1 aromatic carbocycles. The molecule has 0 amide bonds.